The molecule has 134 valence electrons. The first-order valence-corrected chi connectivity index (χ1v) is 8.99. The predicted octanol–water partition coefficient (Wildman–Crippen LogP) is 0.672. The number of rotatable bonds is 7. The van der Waals surface area contributed by atoms with Gasteiger partial charge in [-0.1, -0.05) is 12.8 Å². The largest absolute Gasteiger partial charge is 0.396 e. The maximum Gasteiger partial charge on any atom is 0.317 e. The van der Waals surface area contributed by atoms with Crippen molar-refractivity contribution in [1.82, 2.24) is 20.0 Å². The van der Waals surface area contributed by atoms with E-state index >= 15 is 0 Å². The van der Waals surface area contributed by atoms with E-state index < -0.39 is 0 Å². The third kappa shape index (κ3) is 5.62. The molecule has 2 atom stereocenters. The number of amides is 2. The summed E-state index contributed by atoms with van der Waals surface area (Å²) in [6.07, 6.45) is 4.67. The van der Waals surface area contributed by atoms with Gasteiger partial charge in [0.2, 0.25) is 0 Å². The van der Waals surface area contributed by atoms with Gasteiger partial charge in [-0.25, -0.2) is 4.79 Å². The van der Waals surface area contributed by atoms with Crippen LogP contribution in [0, 0.1) is 11.8 Å². The van der Waals surface area contributed by atoms with Crippen molar-refractivity contribution in [2.75, 3.05) is 60.5 Å². The van der Waals surface area contributed by atoms with E-state index in [1.807, 2.05) is 4.90 Å². The lowest BCUT2D eigenvalue weighted by Gasteiger charge is -2.25. The lowest BCUT2D eigenvalue weighted by molar-refractivity contribution is 0.171. The number of carbonyl (C=O) groups excluding carboxylic acids is 1. The fraction of sp³-hybridized carbons (Fsp3) is 0.941. The SMILES string of the molecule is CN(C)CCN(C)C[C@@H]1CN(C(=O)NC2CCCC2)C[C@@H]1CO. The van der Waals surface area contributed by atoms with Gasteiger partial charge in [0.15, 0.2) is 0 Å². The molecular weight excluding hydrogens is 292 g/mol. The fourth-order valence-electron chi connectivity index (χ4n) is 3.72. The molecule has 6 nitrogen and oxygen atoms in total. The standard InChI is InChI=1S/C17H34N4O2/c1-19(2)8-9-20(3)10-14-11-21(12-15(14)13-22)17(23)18-16-6-4-5-7-16/h14-16,22H,4-13H2,1-3H3,(H,18,23)/t14-,15-/m1/s1. The van der Waals surface area contributed by atoms with Crippen molar-refractivity contribution in [3.8, 4) is 0 Å². The molecule has 0 spiro atoms. The van der Waals surface area contributed by atoms with E-state index in [1.165, 1.54) is 12.8 Å². The highest BCUT2D eigenvalue weighted by molar-refractivity contribution is 5.75. The Labute approximate surface area is 140 Å². The van der Waals surface area contributed by atoms with Crippen LogP contribution in [0.25, 0.3) is 0 Å². The average molecular weight is 326 g/mol. The van der Waals surface area contributed by atoms with Gasteiger partial charge >= 0.3 is 6.03 Å². The molecule has 1 heterocycles. The van der Waals surface area contributed by atoms with Crippen molar-refractivity contribution in [2.45, 2.75) is 31.7 Å². The molecule has 2 fully saturated rings. The first-order chi connectivity index (χ1) is 11.0. The van der Waals surface area contributed by atoms with Gasteiger partial charge in [-0.15, -0.1) is 0 Å². The van der Waals surface area contributed by atoms with Gasteiger partial charge in [0.1, 0.15) is 0 Å². The van der Waals surface area contributed by atoms with Crippen LogP contribution in [0.2, 0.25) is 0 Å². The van der Waals surface area contributed by atoms with Gasteiger partial charge in [0.05, 0.1) is 0 Å². The lowest BCUT2D eigenvalue weighted by atomic mass is 9.96. The van der Waals surface area contributed by atoms with Crippen molar-refractivity contribution in [2.24, 2.45) is 11.8 Å². The molecule has 2 amide bonds. The van der Waals surface area contributed by atoms with Crippen molar-refractivity contribution >= 4 is 6.03 Å². The molecule has 0 unspecified atom stereocenters. The first-order valence-electron chi connectivity index (χ1n) is 8.99. The third-order valence-electron chi connectivity index (χ3n) is 5.26. The summed E-state index contributed by atoms with van der Waals surface area (Å²) in [4.78, 5) is 18.8. The van der Waals surface area contributed by atoms with Crippen molar-refractivity contribution in [3.05, 3.63) is 0 Å². The highest BCUT2D eigenvalue weighted by Crippen LogP contribution is 2.25. The molecule has 1 saturated heterocycles. The van der Waals surface area contributed by atoms with Gasteiger partial charge in [0.25, 0.3) is 0 Å². The van der Waals surface area contributed by atoms with Crippen LogP contribution in [0.4, 0.5) is 4.79 Å². The molecule has 0 radical (unpaired) electrons. The number of hydrogen-bond acceptors (Lipinski definition) is 4. The minimum absolute atomic E-state index is 0.0637. The number of urea groups is 1. The summed E-state index contributed by atoms with van der Waals surface area (Å²) in [6.45, 7) is 4.58. The summed E-state index contributed by atoms with van der Waals surface area (Å²) in [6, 6.07) is 0.422. The number of likely N-dealkylation sites (N-methyl/N-ethyl adjacent to an activating group) is 2. The number of likely N-dealkylation sites (tertiary alicyclic amines) is 1. The number of aliphatic hydroxyl groups excluding tert-OH is 1. The highest BCUT2D eigenvalue weighted by Gasteiger charge is 2.36. The summed E-state index contributed by atoms with van der Waals surface area (Å²) in [5, 5.41) is 12.8. The minimum Gasteiger partial charge on any atom is -0.396 e. The maximum atomic E-state index is 12.4. The first kappa shape index (κ1) is 18.5. The summed E-state index contributed by atoms with van der Waals surface area (Å²) < 4.78 is 0. The zero-order valence-electron chi connectivity index (χ0n) is 15.0. The van der Waals surface area contributed by atoms with Crippen LogP contribution in [0.15, 0.2) is 0 Å². The zero-order chi connectivity index (χ0) is 16.8. The topological polar surface area (TPSA) is 59.0 Å². The van der Waals surface area contributed by atoms with Gasteiger partial charge in [-0.2, -0.15) is 0 Å². The van der Waals surface area contributed by atoms with Crippen LogP contribution in [0.5, 0.6) is 0 Å². The van der Waals surface area contributed by atoms with Crippen molar-refractivity contribution in [1.29, 1.82) is 0 Å². The van der Waals surface area contributed by atoms with Crippen LogP contribution in [-0.2, 0) is 0 Å². The van der Waals surface area contributed by atoms with Crippen LogP contribution in [0.3, 0.4) is 0 Å². The predicted molar refractivity (Wildman–Crippen MR) is 92.5 cm³/mol. The van der Waals surface area contributed by atoms with Crippen molar-refractivity contribution in [3.63, 3.8) is 0 Å². The number of carbonyl (C=O) groups is 1. The summed E-state index contributed by atoms with van der Waals surface area (Å²) in [5.74, 6) is 0.563. The van der Waals surface area contributed by atoms with Crippen LogP contribution >= 0.6 is 0 Å². The van der Waals surface area contributed by atoms with Crippen LogP contribution in [0.1, 0.15) is 25.7 Å². The Morgan fingerprint density at radius 1 is 1.13 bits per heavy atom. The lowest BCUT2D eigenvalue weighted by Crippen LogP contribution is -2.43. The molecule has 2 N–H and O–H groups in total. The number of nitrogens with one attached hydrogen (secondary N) is 1. The van der Waals surface area contributed by atoms with Crippen LogP contribution < -0.4 is 5.32 Å². The minimum atomic E-state index is 0.0637. The van der Waals surface area contributed by atoms with E-state index in [1.54, 1.807) is 0 Å². The van der Waals surface area contributed by atoms with Gasteiger partial charge in [0, 0.05) is 51.3 Å². The van der Waals surface area contributed by atoms with Gasteiger partial charge < -0.3 is 25.1 Å². The molecule has 23 heavy (non-hydrogen) atoms. The molecular formula is C17H34N4O2. The van der Waals surface area contributed by atoms with E-state index in [0.717, 1.165) is 39.0 Å². The normalized spacial score (nSPS) is 25.7. The third-order valence-corrected chi connectivity index (χ3v) is 5.26. The van der Waals surface area contributed by atoms with E-state index in [-0.39, 0.29) is 18.6 Å². The molecule has 2 aliphatic rings. The quantitative estimate of drug-likeness (QED) is 0.722. The molecule has 1 aliphatic carbocycles. The van der Waals surface area contributed by atoms with Crippen LogP contribution in [-0.4, -0.2) is 92.4 Å². The second-order valence-corrected chi connectivity index (χ2v) is 7.60. The molecule has 0 bridgehead atoms. The molecule has 1 aliphatic heterocycles. The molecule has 0 aromatic carbocycles. The second-order valence-electron chi connectivity index (χ2n) is 7.60. The molecule has 0 aromatic rings. The Hall–Kier alpha value is -0.850. The maximum absolute atomic E-state index is 12.4. The second kappa shape index (κ2) is 8.85. The summed E-state index contributed by atoms with van der Waals surface area (Å²) in [5.41, 5.74) is 0. The van der Waals surface area contributed by atoms with Gasteiger partial charge in [-0.3, -0.25) is 0 Å². The Morgan fingerprint density at radius 3 is 2.39 bits per heavy atom. The van der Waals surface area contributed by atoms with Gasteiger partial charge in [-0.05, 0) is 39.9 Å². The fourth-order valence-corrected chi connectivity index (χ4v) is 3.72. The van der Waals surface area contributed by atoms with Crippen molar-refractivity contribution < 1.29 is 9.90 Å². The summed E-state index contributed by atoms with van der Waals surface area (Å²) >= 11 is 0. The van der Waals surface area contributed by atoms with E-state index in [4.69, 9.17) is 0 Å². The molecule has 1 saturated carbocycles. The van der Waals surface area contributed by atoms with E-state index in [2.05, 4.69) is 36.3 Å². The Morgan fingerprint density at radius 2 is 1.78 bits per heavy atom. The van der Waals surface area contributed by atoms with E-state index in [0.29, 0.717) is 18.5 Å². The zero-order valence-corrected chi connectivity index (χ0v) is 15.0. The summed E-state index contributed by atoms with van der Waals surface area (Å²) in [7, 11) is 6.28. The number of nitrogens with zero attached hydrogens (tertiary/aromatic N) is 3. The Kier molecular flexibility index (Phi) is 7.11. The molecule has 0 aromatic heterocycles. The smallest absolute Gasteiger partial charge is 0.317 e. The number of hydrogen-bond donors (Lipinski definition) is 2. The average Bonchev–Trinajstić information content (AvgIpc) is 3.14. The molecule has 2 rings (SSSR count). The Bertz CT molecular complexity index is 372. The highest BCUT2D eigenvalue weighted by atomic mass is 16.3. The Balaban J connectivity index is 1.80. The monoisotopic (exact) mass is 326 g/mol. The number of aliphatic hydroxyl groups is 1. The van der Waals surface area contributed by atoms with E-state index in [9.17, 15) is 9.90 Å². The molecule has 6 heteroatoms.